The van der Waals surface area contributed by atoms with Gasteiger partial charge in [-0.05, 0) is 37.0 Å². The number of amides is 1. The molecular weight excluding hydrogens is 280 g/mol. The van der Waals surface area contributed by atoms with Gasteiger partial charge in [0.1, 0.15) is 0 Å². The van der Waals surface area contributed by atoms with Crippen molar-refractivity contribution in [1.82, 2.24) is 5.32 Å². The van der Waals surface area contributed by atoms with Crippen LogP contribution in [0.1, 0.15) is 35.7 Å². The van der Waals surface area contributed by atoms with E-state index in [9.17, 15) is 4.79 Å². The molecule has 1 saturated carbocycles. The van der Waals surface area contributed by atoms with Crippen LogP contribution in [0, 0.1) is 12.8 Å². The van der Waals surface area contributed by atoms with Crippen molar-refractivity contribution in [2.24, 2.45) is 5.92 Å². The van der Waals surface area contributed by atoms with Crippen molar-refractivity contribution in [3.63, 3.8) is 0 Å². The van der Waals surface area contributed by atoms with Gasteiger partial charge >= 0.3 is 0 Å². The molecule has 4 heteroatoms. The molecular formula is C13H17BrN2O. The highest BCUT2D eigenvalue weighted by atomic mass is 79.9. The Balaban J connectivity index is 2.14. The lowest BCUT2D eigenvalue weighted by Crippen LogP contribution is -2.27. The fraction of sp³-hybridized carbons (Fsp3) is 0.462. The van der Waals surface area contributed by atoms with Gasteiger partial charge in [-0.15, -0.1) is 0 Å². The highest BCUT2D eigenvalue weighted by molar-refractivity contribution is 9.10. The van der Waals surface area contributed by atoms with Crippen molar-refractivity contribution >= 4 is 27.5 Å². The van der Waals surface area contributed by atoms with Crippen LogP contribution in [-0.4, -0.2) is 11.9 Å². The Morgan fingerprint density at radius 1 is 1.59 bits per heavy atom. The summed E-state index contributed by atoms with van der Waals surface area (Å²) in [5, 5.41) is 3.05. The third-order valence-electron chi connectivity index (χ3n) is 3.42. The van der Waals surface area contributed by atoms with Crippen LogP contribution in [0.5, 0.6) is 0 Å². The molecule has 1 aromatic rings. The van der Waals surface area contributed by atoms with Crippen molar-refractivity contribution in [1.29, 1.82) is 0 Å². The molecule has 0 heterocycles. The molecule has 1 aliphatic carbocycles. The molecule has 0 aromatic heterocycles. The van der Waals surface area contributed by atoms with E-state index in [1.807, 2.05) is 19.1 Å². The molecule has 2 atom stereocenters. The number of hydrogen-bond acceptors (Lipinski definition) is 2. The SMILES string of the molecule is CCC1CC1NC(=O)c1cc(Br)cc(N)c1C. The second-order valence-electron chi connectivity index (χ2n) is 4.65. The Labute approximate surface area is 110 Å². The van der Waals surface area contributed by atoms with E-state index in [4.69, 9.17) is 5.73 Å². The molecule has 2 rings (SSSR count). The van der Waals surface area contributed by atoms with Gasteiger partial charge in [0.05, 0.1) is 0 Å². The van der Waals surface area contributed by atoms with Gasteiger partial charge in [0.2, 0.25) is 0 Å². The lowest BCUT2D eigenvalue weighted by Gasteiger charge is -2.10. The van der Waals surface area contributed by atoms with E-state index < -0.39 is 0 Å². The maximum absolute atomic E-state index is 12.1. The average molecular weight is 297 g/mol. The molecule has 0 radical (unpaired) electrons. The van der Waals surface area contributed by atoms with Crippen LogP contribution in [0.15, 0.2) is 16.6 Å². The smallest absolute Gasteiger partial charge is 0.251 e. The minimum atomic E-state index is -0.0172. The van der Waals surface area contributed by atoms with Crippen molar-refractivity contribution in [3.05, 3.63) is 27.7 Å². The fourth-order valence-electron chi connectivity index (χ4n) is 2.06. The largest absolute Gasteiger partial charge is 0.398 e. The number of benzene rings is 1. The van der Waals surface area contributed by atoms with E-state index in [0.717, 1.165) is 22.9 Å². The van der Waals surface area contributed by atoms with Gasteiger partial charge in [0, 0.05) is 21.8 Å². The number of carbonyl (C=O) groups excluding carboxylic acids is 1. The highest BCUT2D eigenvalue weighted by Crippen LogP contribution is 2.33. The van der Waals surface area contributed by atoms with Crippen LogP contribution < -0.4 is 11.1 Å². The maximum Gasteiger partial charge on any atom is 0.251 e. The topological polar surface area (TPSA) is 55.1 Å². The number of hydrogen-bond donors (Lipinski definition) is 2. The first-order valence-corrected chi connectivity index (χ1v) is 6.68. The fourth-order valence-corrected chi connectivity index (χ4v) is 2.53. The van der Waals surface area contributed by atoms with E-state index in [0.29, 0.717) is 23.2 Å². The van der Waals surface area contributed by atoms with Gasteiger partial charge in [0.25, 0.3) is 5.91 Å². The summed E-state index contributed by atoms with van der Waals surface area (Å²) in [6, 6.07) is 4.00. The van der Waals surface area contributed by atoms with E-state index in [1.54, 1.807) is 0 Å². The van der Waals surface area contributed by atoms with Crippen LogP contribution in [0.2, 0.25) is 0 Å². The molecule has 0 spiro atoms. The average Bonchev–Trinajstić information content (AvgIpc) is 3.01. The third-order valence-corrected chi connectivity index (χ3v) is 3.88. The summed E-state index contributed by atoms with van der Waals surface area (Å²) in [5.74, 6) is 0.639. The van der Waals surface area contributed by atoms with Gasteiger partial charge in [-0.25, -0.2) is 0 Å². The van der Waals surface area contributed by atoms with E-state index in [2.05, 4.69) is 28.2 Å². The molecule has 0 aliphatic heterocycles. The Morgan fingerprint density at radius 3 is 2.88 bits per heavy atom. The summed E-state index contributed by atoms with van der Waals surface area (Å²) in [6.07, 6.45) is 2.23. The van der Waals surface area contributed by atoms with Crippen LogP contribution in [-0.2, 0) is 0 Å². The molecule has 1 aromatic carbocycles. The van der Waals surface area contributed by atoms with Gasteiger partial charge in [-0.3, -0.25) is 4.79 Å². The standard InChI is InChI=1S/C13H17BrN2O/c1-3-8-4-12(8)16-13(17)10-5-9(14)6-11(15)7(10)2/h5-6,8,12H,3-4,15H2,1-2H3,(H,16,17). The van der Waals surface area contributed by atoms with Gasteiger partial charge in [0.15, 0.2) is 0 Å². The minimum absolute atomic E-state index is 0.0172. The Kier molecular flexibility index (Phi) is 3.43. The Hall–Kier alpha value is -1.03. The number of rotatable bonds is 3. The quantitative estimate of drug-likeness (QED) is 0.843. The monoisotopic (exact) mass is 296 g/mol. The second-order valence-corrected chi connectivity index (χ2v) is 5.57. The number of nitrogens with one attached hydrogen (secondary N) is 1. The van der Waals surface area contributed by atoms with E-state index in [-0.39, 0.29) is 5.91 Å². The van der Waals surface area contributed by atoms with Crippen molar-refractivity contribution in [3.8, 4) is 0 Å². The van der Waals surface area contributed by atoms with Gasteiger partial charge in [-0.2, -0.15) is 0 Å². The first-order valence-electron chi connectivity index (χ1n) is 5.89. The molecule has 3 nitrogen and oxygen atoms in total. The Morgan fingerprint density at radius 2 is 2.29 bits per heavy atom. The molecule has 2 unspecified atom stereocenters. The lowest BCUT2D eigenvalue weighted by atomic mass is 10.1. The number of anilines is 1. The third kappa shape index (κ3) is 2.63. The zero-order valence-electron chi connectivity index (χ0n) is 10.1. The van der Waals surface area contributed by atoms with Crippen LogP contribution >= 0.6 is 15.9 Å². The van der Waals surface area contributed by atoms with Crippen molar-refractivity contribution < 1.29 is 4.79 Å². The van der Waals surface area contributed by atoms with E-state index in [1.165, 1.54) is 0 Å². The second kappa shape index (κ2) is 4.69. The molecule has 3 N–H and O–H groups in total. The predicted octanol–water partition coefficient (Wildman–Crippen LogP) is 2.87. The van der Waals surface area contributed by atoms with Gasteiger partial charge < -0.3 is 11.1 Å². The maximum atomic E-state index is 12.1. The molecule has 0 saturated heterocycles. The zero-order valence-corrected chi connectivity index (χ0v) is 11.7. The summed E-state index contributed by atoms with van der Waals surface area (Å²) < 4.78 is 0.841. The molecule has 92 valence electrons. The predicted molar refractivity (Wildman–Crippen MR) is 72.9 cm³/mol. The van der Waals surface area contributed by atoms with Crippen molar-refractivity contribution in [2.75, 3.05) is 5.73 Å². The number of nitrogen functional groups attached to an aromatic ring is 1. The molecule has 1 amide bonds. The number of carbonyl (C=O) groups is 1. The Bertz CT molecular complexity index is 459. The van der Waals surface area contributed by atoms with Crippen molar-refractivity contribution in [2.45, 2.75) is 32.7 Å². The normalized spacial score (nSPS) is 22.3. The summed E-state index contributed by atoms with van der Waals surface area (Å²) in [5.41, 5.74) is 8.01. The van der Waals surface area contributed by atoms with Crippen LogP contribution in [0.3, 0.4) is 0 Å². The number of halogens is 1. The molecule has 0 bridgehead atoms. The molecule has 1 aliphatic rings. The summed E-state index contributed by atoms with van der Waals surface area (Å²) in [4.78, 5) is 12.1. The number of nitrogens with two attached hydrogens (primary N) is 1. The van der Waals surface area contributed by atoms with Gasteiger partial charge in [-0.1, -0.05) is 29.3 Å². The summed E-state index contributed by atoms with van der Waals surface area (Å²) in [7, 11) is 0. The molecule has 1 fully saturated rings. The molecule has 17 heavy (non-hydrogen) atoms. The van der Waals surface area contributed by atoms with Crippen LogP contribution in [0.4, 0.5) is 5.69 Å². The minimum Gasteiger partial charge on any atom is -0.398 e. The summed E-state index contributed by atoms with van der Waals surface area (Å²) >= 11 is 3.36. The van der Waals surface area contributed by atoms with Crippen LogP contribution in [0.25, 0.3) is 0 Å². The highest BCUT2D eigenvalue weighted by Gasteiger charge is 2.36. The lowest BCUT2D eigenvalue weighted by molar-refractivity contribution is 0.0948. The first kappa shape index (κ1) is 12.4. The first-order chi connectivity index (χ1) is 8.02. The summed E-state index contributed by atoms with van der Waals surface area (Å²) in [6.45, 7) is 4.03. The van der Waals surface area contributed by atoms with E-state index >= 15 is 0 Å². The zero-order chi connectivity index (χ0) is 12.6.